The van der Waals surface area contributed by atoms with Crippen LogP contribution in [0.25, 0.3) is 17.1 Å². The fraction of sp³-hybridized carbons (Fsp3) is 0.391. The highest BCUT2D eigenvalue weighted by atomic mass is 32.2. The number of non-ortho nitro benzene ring substituents is 1. The van der Waals surface area contributed by atoms with Crippen molar-refractivity contribution in [3.05, 3.63) is 52.2 Å². The number of ether oxygens (including phenoxy) is 1. The molecule has 3 rings (SSSR count). The van der Waals surface area contributed by atoms with Gasteiger partial charge in [-0.2, -0.15) is 5.10 Å². The second-order valence-electron chi connectivity index (χ2n) is 7.40. The number of fused-ring (bicyclic) bond motifs is 1. The molecule has 0 aliphatic heterocycles. The SMILES string of the molecule is CCCSc1nc(NCCOCC)c2cnn(CCNC(=O)/C=C\c3ccc([N+](=O)[O-])cc3)c2n1. The summed E-state index contributed by atoms with van der Waals surface area (Å²) >= 11 is 1.59. The lowest BCUT2D eigenvalue weighted by Gasteiger charge is -2.10. The molecule has 35 heavy (non-hydrogen) atoms. The molecule has 12 heteroatoms. The van der Waals surface area contributed by atoms with Crippen LogP contribution in [-0.4, -0.2) is 62.6 Å². The predicted octanol–water partition coefficient (Wildman–Crippen LogP) is 3.51. The van der Waals surface area contributed by atoms with E-state index in [2.05, 4.69) is 32.6 Å². The first-order valence-corrected chi connectivity index (χ1v) is 12.4. The molecular formula is C23H29N7O4S. The van der Waals surface area contributed by atoms with Crippen LogP contribution in [0.4, 0.5) is 11.5 Å². The topological polar surface area (TPSA) is 137 Å². The van der Waals surface area contributed by atoms with Gasteiger partial charge in [0.15, 0.2) is 10.8 Å². The van der Waals surface area contributed by atoms with Crippen LogP contribution in [0.2, 0.25) is 0 Å². The van der Waals surface area contributed by atoms with Crippen molar-refractivity contribution in [3.8, 4) is 0 Å². The number of amides is 1. The Balaban J connectivity index is 1.62. The number of benzene rings is 1. The second-order valence-corrected chi connectivity index (χ2v) is 8.47. The van der Waals surface area contributed by atoms with Crippen molar-refractivity contribution in [2.24, 2.45) is 0 Å². The summed E-state index contributed by atoms with van der Waals surface area (Å²) in [4.78, 5) is 31.8. The van der Waals surface area contributed by atoms with E-state index in [1.165, 1.54) is 18.2 Å². The quantitative estimate of drug-likeness (QED) is 0.0852. The molecule has 0 radical (unpaired) electrons. The van der Waals surface area contributed by atoms with E-state index in [0.717, 1.165) is 23.4 Å². The van der Waals surface area contributed by atoms with Crippen molar-refractivity contribution >= 4 is 46.3 Å². The standard InChI is InChI=1S/C23H29N7O4S/c1-3-15-35-23-27-21(25-12-14-34-4-2)19-16-26-29(22(19)28-23)13-11-24-20(31)10-7-17-5-8-18(9-6-17)30(32)33/h5-10,16H,3-4,11-15H2,1-2H3,(H,24,31)(H,25,27,28)/b10-7-. The molecule has 0 spiro atoms. The number of nitrogens with zero attached hydrogens (tertiary/aromatic N) is 5. The van der Waals surface area contributed by atoms with Gasteiger partial charge < -0.3 is 15.4 Å². The van der Waals surface area contributed by atoms with Crippen molar-refractivity contribution in [1.29, 1.82) is 0 Å². The van der Waals surface area contributed by atoms with Crippen LogP contribution in [0.15, 0.2) is 41.7 Å². The maximum Gasteiger partial charge on any atom is 0.269 e. The Kier molecular flexibility index (Phi) is 9.99. The fourth-order valence-corrected chi connectivity index (χ4v) is 3.79. The summed E-state index contributed by atoms with van der Waals surface area (Å²) in [5.74, 6) is 1.36. The number of aromatic nitrogens is 4. The molecule has 0 unspecified atom stereocenters. The number of nitrogens with one attached hydrogen (secondary N) is 2. The largest absolute Gasteiger partial charge is 0.380 e. The summed E-state index contributed by atoms with van der Waals surface area (Å²) in [5, 5.41) is 22.8. The Morgan fingerprint density at radius 2 is 2.03 bits per heavy atom. The van der Waals surface area contributed by atoms with E-state index < -0.39 is 4.92 Å². The highest BCUT2D eigenvalue weighted by Gasteiger charge is 2.13. The minimum absolute atomic E-state index is 0.00534. The molecule has 0 atom stereocenters. The van der Waals surface area contributed by atoms with Gasteiger partial charge in [0.1, 0.15) is 5.82 Å². The number of nitro groups is 1. The third kappa shape index (κ3) is 7.76. The van der Waals surface area contributed by atoms with Gasteiger partial charge in [-0.15, -0.1) is 0 Å². The van der Waals surface area contributed by atoms with Gasteiger partial charge in [0.05, 0.1) is 29.7 Å². The Morgan fingerprint density at radius 3 is 2.74 bits per heavy atom. The number of thioether (sulfide) groups is 1. The monoisotopic (exact) mass is 499 g/mol. The minimum Gasteiger partial charge on any atom is -0.380 e. The Hall–Kier alpha value is -3.51. The lowest BCUT2D eigenvalue weighted by Crippen LogP contribution is -2.25. The molecule has 0 fully saturated rings. The van der Waals surface area contributed by atoms with Crippen molar-refractivity contribution in [3.63, 3.8) is 0 Å². The number of hydrogen-bond acceptors (Lipinski definition) is 9. The highest BCUT2D eigenvalue weighted by Crippen LogP contribution is 2.24. The lowest BCUT2D eigenvalue weighted by atomic mass is 10.2. The lowest BCUT2D eigenvalue weighted by molar-refractivity contribution is -0.384. The summed E-state index contributed by atoms with van der Waals surface area (Å²) in [5.41, 5.74) is 1.40. The van der Waals surface area contributed by atoms with Crippen molar-refractivity contribution in [1.82, 2.24) is 25.1 Å². The zero-order valence-electron chi connectivity index (χ0n) is 19.8. The maximum absolute atomic E-state index is 12.2. The first kappa shape index (κ1) is 26.1. The van der Waals surface area contributed by atoms with Gasteiger partial charge in [-0.25, -0.2) is 14.6 Å². The molecule has 186 valence electrons. The van der Waals surface area contributed by atoms with Gasteiger partial charge in [-0.1, -0.05) is 18.7 Å². The summed E-state index contributed by atoms with van der Waals surface area (Å²) in [6.45, 7) is 6.72. The summed E-state index contributed by atoms with van der Waals surface area (Å²) in [6.07, 6.45) is 5.73. The number of anilines is 1. The van der Waals surface area contributed by atoms with Crippen LogP contribution in [0, 0.1) is 10.1 Å². The first-order chi connectivity index (χ1) is 17.0. The van der Waals surface area contributed by atoms with E-state index >= 15 is 0 Å². The third-order valence-corrected chi connectivity index (χ3v) is 5.86. The van der Waals surface area contributed by atoms with E-state index in [1.54, 1.807) is 40.8 Å². The molecule has 2 N–H and O–H groups in total. The molecule has 0 aliphatic rings. The number of carbonyl (C=O) groups excluding carboxylic acids is 1. The number of rotatable bonds is 14. The molecule has 0 saturated carbocycles. The molecule has 3 aromatic rings. The van der Waals surface area contributed by atoms with Gasteiger partial charge in [0, 0.05) is 43.7 Å². The minimum atomic E-state index is -0.463. The highest BCUT2D eigenvalue weighted by molar-refractivity contribution is 7.99. The first-order valence-electron chi connectivity index (χ1n) is 11.4. The molecule has 0 bridgehead atoms. The molecule has 0 aliphatic carbocycles. The molecule has 1 amide bonds. The smallest absolute Gasteiger partial charge is 0.269 e. The van der Waals surface area contributed by atoms with Crippen LogP contribution in [0.1, 0.15) is 25.8 Å². The Labute approximate surface area is 207 Å². The van der Waals surface area contributed by atoms with Crippen molar-refractivity contribution in [2.75, 3.05) is 37.4 Å². The predicted molar refractivity (Wildman–Crippen MR) is 136 cm³/mol. The van der Waals surface area contributed by atoms with E-state index in [0.29, 0.717) is 49.2 Å². The zero-order valence-corrected chi connectivity index (χ0v) is 20.6. The average Bonchev–Trinajstić information content (AvgIpc) is 3.27. The van der Waals surface area contributed by atoms with Gasteiger partial charge in [0.2, 0.25) is 5.91 Å². The van der Waals surface area contributed by atoms with Gasteiger partial charge >= 0.3 is 0 Å². The summed E-state index contributed by atoms with van der Waals surface area (Å²) in [6, 6.07) is 5.97. The van der Waals surface area contributed by atoms with E-state index in [9.17, 15) is 14.9 Å². The Bertz CT molecular complexity index is 1160. The molecule has 0 saturated heterocycles. The van der Waals surface area contributed by atoms with Crippen LogP contribution >= 0.6 is 11.8 Å². The third-order valence-electron chi connectivity index (χ3n) is 4.81. The van der Waals surface area contributed by atoms with Gasteiger partial charge in [0.25, 0.3) is 5.69 Å². The van der Waals surface area contributed by atoms with E-state index in [4.69, 9.17) is 4.74 Å². The van der Waals surface area contributed by atoms with Gasteiger partial charge in [-0.05, 0) is 37.1 Å². The molecule has 2 heterocycles. The molecule has 1 aromatic carbocycles. The average molecular weight is 500 g/mol. The number of nitro benzene ring substituents is 1. The van der Waals surface area contributed by atoms with E-state index in [-0.39, 0.29) is 11.6 Å². The molecule has 2 aromatic heterocycles. The number of hydrogen-bond donors (Lipinski definition) is 2. The second kappa shape index (κ2) is 13.4. The maximum atomic E-state index is 12.2. The van der Waals surface area contributed by atoms with Crippen LogP contribution in [0.3, 0.4) is 0 Å². The van der Waals surface area contributed by atoms with Gasteiger partial charge in [-0.3, -0.25) is 14.9 Å². The van der Waals surface area contributed by atoms with Crippen molar-refractivity contribution in [2.45, 2.75) is 32.0 Å². The summed E-state index contributed by atoms with van der Waals surface area (Å²) < 4.78 is 7.15. The van der Waals surface area contributed by atoms with Crippen molar-refractivity contribution < 1.29 is 14.5 Å². The van der Waals surface area contributed by atoms with Crippen LogP contribution in [0.5, 0.6) is 0 Å². The number of carbonyl (C=O) groups is 1. The summed E-state index contributed by atoms with van der Waals surface area (Å²) in [7, 11) is 0. The molecular weight excluding hydrogens is 470 g/mol. The fourth-order valence-electron chi connectivity index (χ4n) is 3.10. The normalized spacial score (nSPS) is 11.3. The Morgan fingerprint density at radius 1 is 1.23 bits per heavy atom. The van der Waals surface area contributed by atoms with Crippen LogP contribution < -0.4 is 10.6 Å². The molecule has 11 nitrogen and oxygen atoms in total. The zero-order chi connectivity index (χ0) is 25.0. The van der Waals surface area contributed by atoms with Crippen LogP contribution in [-0.2, 0) is 16.1 Å². The van der Waals surface area contributed by atoms with E-state index in [1.807, 2.05) is 6.92 Å².